The summed E-state index contributed by atoms with van der Waals surface area (Å²) in [6, 6.07) is 8.12. The lowest BCUT2D eigenvalue weighted by Gasteiger charge is -2.31. The van der Waals surface area contributed by atoms with Gasteiger partial charge in [-0.25, -0.2) is 0 Å². The van der Waals surface area contributed by atoms with Gasteiger partial charge in [0.1, 0.15) is 0 Å². The minimum absolute atomic E-state index is 0.137. The van der Waals surface area contributed by atoms with Crippen LogP contribution in [0, 0.1) is 0 Å². The van der Waals surface area contributed by atoms with Crippen LogP contribution < -0.4 is 5.73 Å². The van der Waals surface area contributed by atoms with E-state index in [0.717, 1.165) is 36.8 Å². The van der Waals surface area contributed by atoms with Crippen LogP contribution in [0.2, 0.25) is 5.02 Å². The highest BCUT2D eigenvalue weighted by atomic mass is 35.5. The Morgan fingerprint density at radius 1 is 1.30 bits per heavy atom. The zero-order chi connectivity index (χ0) is 16.7. The van der Waals surface area contributed by atoms with E-state index in [2.05, 4.69) is 34.7 Å². The molecule has 1 aliphatic heterocycles. The van der Waals surface area contributed by atoms with Crippen molar-refractivity contribution in [2.45, 2.75) is 19.9 Å². The van der Waals surface area contributed by atoms with Crippen LogP contribution in [-0.2, 0) is 4.74 Å². The molecule has 0 aliphatic carbocycles. The van der Waals surface area contributed by atoms with Crippen molar-refractivity contribution in [1.82, 2.24) is 9.80 Å². The quantitative estimate of drug-likeness (QED) is 0.639. The van der Waals surface area contributed by atoms with Crippen LogP contribution in [0.4, 0.5) is 0 Å². The van der Waals surface area contributed by atoms with Gasteiger partial charge in [-0.2, -0.15) is 0 Å². The van der Waals surface area contributed by atoms with Gasteiger partial charge in [0.15, 0.2) is 5.96 Å². The van der Waals surface area contributed by atoms with Gasteiger partial charge in [-0.05, 0) is 24.7 Å². The first-order chi connectivity index (χ1) is 11.2. The minimum atomic E-state index is 0.137. The maximum atomic E-state index is 6.41. The van der Waals surface area contributed by atoms with E-state index < -0.39 is 0 Å². The first-order valence-corrected chi connectivity index (χ1v) is 8.66. The Morgan fingerprint density at radius 3 is 2.57 bits per heavy atom. The van der Waals surface area contributed by atoms with Crippen molar-refractivity contribution in [2.75, 3.05) is 45.9 Å². The van der Waals surface area contributed by atoms with Crippen molar-refractivity contribution < 1.29 is 4.74 Å². The molecule has 1 aromatic carbocycles. The molecule has 0 radical (unpaired) electrons. The highest BCUT2D eigenvalue weighted by molar-refractivity contribution is 6.31. The lowest BCUT2D eigenvalue weighted by atomic mass is 10.1. The zero-order valence-electron chi connectivity index (χ0n) is 14.0. The molecule has 1 unspecified atom stereocenters. The molecule has 0 spiro atoms. The molecule has 0 aromatic heterocycles. The first-order valence-electron chi connectivity index (χ1n) is 8.28. The largest absolute Gasteiger partial charge is 0.378 e. The number of likely N-dealkylation sites (N-methyl/N-ethyl adjacent to an activating group) is 1. The highest BCUT2D eigenvalue weighted by Crippen LogP contribution is 2.27. The average Bonchev–Trinajstić information content (AvgIpc) is 2.60. The van der Waals surface area contributed by atoms with Crippen LogP contribution >= 0.6 is 11.6 Å². The number of morpholine rings is 1. The number of hydrogen-bond acceptors (Lipinski definition) is 3. The second kappa shape index (κ2) is 9.11. The van der Waals surface area contributed by atoms with Gasteiger partial charge < -0.3 is 15.4 Å². The SMILES string of the molecule is CCN(CC)C(CN=C(N)N1CCOCC1)c1ccccc1Cl. The molecule has 1 saturated heterocycles. The molecule has 1 aliphatic rings. The monoisotopic (exact) mass is 338 g/mol. The van der Waals surface area contributed by atoms with Crippen LogP contribution in [-0.4, -0.2) is 61.7 Å². The average molecular weight is 339 g/mol. The Kier molecular flexibility index (Phi) is 7.15. The third-order valence-corrected chi connectivity index (χ3v) is 4.62. The predicted octanol–water partition coefficient (Wildman–Crippen LogP) is 2.37. The summed E-state index contributed by atoms with van der Waals surface area (Å²) in [6.07, 6.45) is 0. The smallest absolute Gasteiger partial charge is 0.191 e. The van der Waals surface area contributed by atoms with Gasteiger partial charge in [0.05, 0.1) is 25.8 Å². The van der Waals surface area contributed by atoms with Crippen LogP contribution in [0.25, 0.3) is 0 Å². The van der Waals surface area contributed by atoms with Crippen LogP contribution in [0.5, 0.6) is 0 Å². The molecule has 0 amide bonds. The Morgan fingerprint density at radius 2 is 1.96 bits per heavy atom. The van der Waals surface area contributed by atoms with E-state index in [4.69, 9.17) is 22.1 Å². The minimum Gasteiger partial charge on any atom is -0.378 e. The number of nitrogens with two attached hydrogens (primary N) is 1. The molecule has 2 rings (SSSR count). The number of hydrogen-bond donors (Lipinski definition) is 1. The molecule has 128 valence electrons. The Hall–Kier alpha value is -1.30. The van der Waals surface area contributed by atoms with Crippen molar-refractivity contribution in [2.24, 2.45) is 10.7 Å². The van der Waals surface area contributed by atoms with E-state index in [0.29, 0.717) is 25.7 Å². The summed E-state index contributed by atoms with van der Waals surface area (Å²) < 4.78 is 5.36. The molecule has 23 heavy (non-hydrogen) atoms. The number of aliphatic imine (C=N–C) groups is 1. The van der Waals surface area contributed by atoms with Crippen LogP contribution in [0.15, 0.2) is 29.3 Å². The summed E-state index contributed by atoms with van der Waals surface area (Å²) in [4.78, 5) is 9.08. The number of halogens is 1. The third kappa shape index (κ3) is 4.83. The fourth-order valence-corrected chi connectivity index (χ4v) is 3.15. The molecule has 1 atom stereocenters. The second-order valence-electron chi connectivity index (χ2n) is 5.56. The van der Waals surface area contributed by atoms with E-state index in [1.807, 2.05) is 18.2 Å². The molecule has 6 heteroatoms. The van der Waals surface area contributed by atoms with Crippen molar-refractivity contribution in [3.8, 4) is 0 Å². The van der Waals surface area contributed by atoms with E-state index >= 15 is 0 Å². The second-order valence-corrected chi connectivity index (χ2v) is 5.96. The van der Waals surface area contributed by atoms with Gasteiger partial charge in [0.2, 0.25) is 0 Å². The highest BCUT2D eigenvalue weighted by Gasteiger charge is 2.21. The number of rotatable bonds is 6. The summed E-state index contributed by atoms with van der Waals surface area (Å²) in [7, 11) is 0. The lowest BCUT2D eigenvalue weighted by Crippen LogP contribution is -2.45. The van der Waals surface area contributed by atoms with Gasteiger partial charge in [-0.3, -0.25) is 9.89 Å². The molecule has 0 bridgehead atoms. The molecular weight excluding hydrogens is 312 g/mol. The summed E-state index contributed by atoms with van der Waals surface area (Å²) in [5.74, 6) is 0.595. The Balaban J connectivity index is 2.16. The predicted molar refractivity (Wildman–Crippen MR) is 96.0 cm³/mol. The lowest BCUT2D eigenvalue weighted by molar-refractivity contribution is 0.0673. The molecule has 2 N–H and O–H groups in total. The summed E-state index contributed by atoms with van der Waals surface area (Å²) in [6.45, 7) is 9.83. The summed E-state index contributed by atoms with van der Waals surface area (Å²) in [5, 5.41) is 0.782. The van der Waals surface area contributed by atoms with Gasteiger partial charge in [-0.1, -0.05) is 43.6 Å². The van der Waals surface area contributed by atoms with E-state index in [1.54, 1.807) is 0 Å². The normalized spacial score (nSPS) is 17.6. The fourth-order valence-electron chi connectivity index (χ4n) is 2.89. The molecule has 1 fully saturated rings. The van der Waals surface area contributed by atoms with E-state index in [1.165, 1.54) is 0 Å². The van der Waals surface area contributed by atoms with E-state index in [-0.39, 0.29) is 6.04 Å². The third-order valence-electron chi connectivity index (χ3n) is 4.28. The van der Waals surface area contributed by atoms with Crippen molar-refractivity contribution in [3.63, 3.8) is 0 Å². The molecular formula is C17H27ClN4O. The molecule has 5 nitrogen and oxygen atoms in total. The molecule has 1 aromatic rings. The summed E-state index contributed by atoms with van der Waals surface area (Å²) >= 11 is 6.41. The first kappa shape index (κ1) is 18.0. The van der Waals surface area contributed by atoms with Crippen LogP contribution in [0.1, 0.15) is 25.5 Å². The number of benzene rings is 1. The number of ether oxygens (including phenoxy) is 1. The Labute approximate surface area is 144 Å². The van der Waals surface area contributed by atoms with E-state index in [9.17, 15) is 0 Å². The van der Waals surface area contributed by atoms with Gasteiger partial charge in [0, 0.05) is 18.1 Å². The van der Waals surface area contributed by atoms with Gasteiger partial charge in [-0.15, -0.1) is 0 Å². The summed E-state index contributed by atoms with van der Waals surface area (Å²) in [5.41, 5.74) is 7.27. The van der Waals surface area contributed by atoms with Gasteiger partial charge in [0.25, 0.3) is 0 Å². The maximum Gasteiger partial charge on any atom is 0.191 e. The maximum absolute atomic E-state index is 6.41. The van der Waals surface area contributed by atoms with Crippen molar-refractivity contribution >= 4 is 17.6 Å². The molecule has 0 saturated carbocycles. The fraction of sp³-hybridized carbons (Fsp3) is 0.588. The topological polar surface area (TPSA) is 54.1 Å². The number of guanidine groups is 1. The van der Waals surface area contributed by atoms with Gasteiger partial charge >= 0.3 is 0 Å². The standard InChI is InChI=1S/C17H27ClN4O/c1-3-21(4-2)16(14-7-5-6-8-15(14)18)13-20-17(19)22-9-11-23-12-10-22/h5-8,16H,3-4,9-13H2,1-2H3,(H2,19,20). The van der Waals surface area contributed by atoms with Crippen molar-refractivity contribution in [1.29, 1.82) is 0 Å². The molecule has 1 heterocycles. The van der Waals surface area contributed by atoms with Crippen molar-refractivity contribution in [3.05, 3.63) is 34.9 Å². The number of nitrogens with zero attached hydrogens (tertiary/aromatic N) is 3. The van der Waals surface area contributed by atoms with Crippen LogP contribution in [0.3, 0.4) is 0 Å². The Bertz CT molecular complexity index is 513. The zero-order valence-corrected chi connectivity index (χ0v) is 14.8.